The number of carbonyl (C=O) groups excluding carboxylic acids is 2. The van der Waals surface area contributed by atoms with Crippen molar-refractivity contribution < 1.29 is 18.0 Å². The van der Waals surface area contributed by atoms with Gasteiger partial charge in [-0.05, 0) is 24.8 Å². The Morgan fingerprint density at radius 1 is 1.21 bits per heavy atom. The van der Waals surface area contributed by atoms with Gasteiger partial charge in [0.25, 0.3) is 5.91 Å². The molecule has 0 saturated carbocycles. The molecule has 3 heterocycles. The van der Waals surface area contributed by atoms with Crippen molar-refractivity contribution in [3.8, 4) is 0 Å². The van der Waals surface area contributed by atoms with Crippen LogP contribution in [0.5, 0.6) is 0 Å². The van der Waals surface area contributed by atoms with Crippen LogP contribution in [0, 0.1) is 5.92 Å². The molecule has 0 bridgehead atoms. The Hall–Kier alpha value is -2.42. The third-order valence-corrected chi connectivity index (χ3v) is 7.01. The Bertz CT molecular complexity index is 1050. The Labute approximate surface area is 170 Å². The number of para-hydroxylation sites is 1. The number of sulfone groups is 1. The normalized spacial score (nSPS) is 21.3. The number of aryl methyl sites for hydroxylation is 1. The molecule has 2 amide bonds. The minimum absolute atomic E-state index is 0.0270. The number of piperidine rings is 1. The SMILES string of the molecule is Cn1nc(C(=O)N2CCC(N3CC(CS(C)(=O)=O)CC3=O)CC2)c2ccccc21. The Morgan fingerprint density at radius 3 is 2.59 bits per heavy atom. The van der Waals surface area contributed by atoms with Crippen molar-refractivity contribution in [3.63, 3.8) is 0 Å². The summed E-state index contributed by atoms with van der Waals surface area (Å²) >= 11 is 0. The molecule has 2 aliphatic rings. The van der Waals surface area contributed by atoms with Gasteiger partial charge in [-0.15, -0.1) is 0 Å². The van der Waals surface area contributed by atoms with E-state index < -0.39 is 9.84 Å². The molecule has 9 heteroatoms. The van der Waals surface area contributed by atoms with Crippen LogP contribution in [0.3, 0.4) is 0 Å². The summed E-state index contributed by atoms with van der Waals surface area (Å²) in [5.41, 5.74) is 1.39. The van der Waals surface area contributed by atoms with Crippen LogP contribution in [-0.4, -0.2) is 77.5 Å². The standard InChI is InChI=1S/C20H26N4O4S/c1-22-17-6-4-3-5-16(17)19(21-22)20(26)23-9-7-15(8-10-23)24-12-14(11-18(24)25)13-29(2,27)28/h3-6,14-15H,7-13H2,1-2H3. The quantitative estimate of drug-likeness (QED) is 0.741. The lowest BCUT2D eigenvalue weighted by molar-refractivity contribution is -0.130. The molecular weight excluding hydrogens is 392 g/mol. The van der Waals surface area contributed by atoms with Gasteiger partial charge in [0.2, 0.25) is 5.91 Å². The fourth-order valence-corrected chi connectivity index (χ4v) is 5.68. The average molecular weight is 419 g/mol. The summed E-state index contributed by atoms with van der Waals surface area (Å²) in [6, 6.07) is 7.74. The van der Waals surface area contributed by atoms with Crippen LogP contribution >= 0.6 is 0 Å². The maximum atomic E-state index is 13.0. The summed E-state index contributed by atoms with van der Waals surface area (Å²) in [6.45, 7) is 1.62. The topological polar surface area (TPSA) is 92.6 Å². The molecule has 29 heavy (non-hydrogen) atoms. The first kappa shape index (κ1) is 19.9. The number of aromatic nitrogens is 2. The van der Waals surface area contributed by atoms with Crippen molar-refractivity contribution >= 4 is 32.6 Å². The fraction of sp³-hybridized carbons (Fsp3) is 0.550. The highest BCUT2D eigenvalue weighted by Gasteiger charge is 2.38. The highest BCUT2D eigenvalue weighted by Crippen LogP contribution is 2.27. The van der Waals surface area contributed by atoms with Gasteiger partial charge >= 0.3 is 0 Å². The number of nitrogens with zero attached hydrogens (tertiary/aromatic N) is 4. The van der Waals surface area contributed by atoms with Gasteiger partial charge in [-0.3, -0.25) is 14.3 Å². The lowest BCUT2D eigenvalue weighted by Gasteiger charge is -2.36. The predicted molar refractivity (Wildman–Crippen MR) is 109 cm³/mol. The second kappa shape index (κ2) is 7.44. The number of benzene rings is 1. The Kier molecular flexibility index (Phi) is 5.10. The van der Waals surface area contributed by atoms with E-state index in [-0.39, 0.29) is 29.5 Å². The van der Waals surface area contributed by atoms with E-state index in [0.717, 1.165) is 10.9 Å². The second-order valence-corrected chi connectivity index (χ2v) is 10.4. The molecule has 1 aromatic carbocycles. The van der Waals surface area contributed by atoms with E-state index in [1.54, 1.807) is 9.58 Å². The number of fused-ring (bicyclic) bond motifs is 1. The third-order valence-electron chi connectivity index (χ3n) is 5.93. The van der Waals surface area contributed by atoms with Crippen LogP contribution in [0.2, 0.25) is 0 Å². The monoisotopic (exact) mass is 418 g/mol. The van der Waals surface area contributed by atoms with E-state index in [1.165, 1.54) is 6.26 Å². The minimum atomic E-state index is -3.09. The van der Waals surface area contributed by atoms with Gasteiger partial charge in [-0.25, -0.2) is 8.42 Å². The van der Waals surface area contributed by atoms with E-state index in [1.807, 2.05) is 36.2 Å². The molecule has 2 aliphatic heterocycles. The first-order chi connectivity index (χ1) is 13.7. The molecule has 1 unspecified atom stereocenters. The van der Waals surface area contributed by atoms with Crippen LogP contribution in [0.25, 0.3) is 10.9 Å². The van der Waals surface area contributed by atoms with Crippen molar-refractivity contribution in [3.05, 3.63) is 30.0 Å². The van der Waals surface area contributed by atoms with Gasteiger partial charge in [0.05, 0.1) is 11.3 Å². The Balaban J connectivity index is 1.40. The number of rotatable bonds is 4. The summed E-state index contributed by atoms with van der Waals surface area (Å²) in [7, 11) is -1.26. The van der Waals surface area contributed by atoms with Crippen molar-refractivity contribution in [1.29, 1.82) is 0 Å². The zero-order valence-electron chi connectivity index (χ0n) is 16.7. The average Bonchev–Trinajstić information content (AvgIpc) is 3.20. The molecule has 8 nitrogen and oxygen atoms in total. The number of amides is 2. The number of hydrogen-bond donors (Lipinski definition) is 0. The molecule has 2 aromatic rings. The number of hydrogen-bond acceptors (Lipinski definition) is 5. The molecule has 2 fully saturated rings. The Morgan fingerprint density at radius 2 is 1.90 bits per heavy atom. The van der Waals surface area contributed by atoms with Crippen molar-refractivity contribution in [2.24, 2.45) is 13.0 Å². The highest BCUT2D eigenvalue weighted by atomic mass is 32.2. The summed E-state index contributed by atoms with van der Waals surface area (Å²) in [4.78, 5) is 29.1. The van der Waals surface area contributed by atoms with E-state index in [4.69, 9.17) is 0 Å². The van der Waals surface area contributed by atoms with Crippen molar-refractivity contribution in [1.82, 2.24) is 19.6 Å². The smallest absolute Gasteiger partial charge is 0.275 e. The highest BCUT2D eigenvalue weighted by molar-refractivity contribution is 7.90. The second-order valence-electron chi connectivity index (χ2n) is 8.22. The summed E-state index contributed by atoms with van der Waals surface area (Å²) < 4.78 is 24.8. The first-order valence-corrected chi connectivity index (χ1v) is 12.0. The van der Waals surface area contributed by atoms with Gasteiger partial charge in [0.15, 0.2) is 5.69 Å². The molecule has 1 aromatic heterocycles. The summed E-state index contributed by atoms with van der Waals surface area (Å²) in [5, 5.41) is 5.27. The van der Waals surface area contributed by atoms with E-state index in [0.29, 0.717) is 44.6 Å². The molecule has 0 N–H and O–H groups in total. The number of carbonyl (C=O) groups is 2. The van der Waals surface area contributed by atoms with Crippen LogP contribution in [0.15, 0.2) is 24.3 Å². The summed E-state index contributed by atoms with van der Waals surface area (Å²) in [6.07, 6.45) is 2.92. The molecule has 156 valence electrons. The van der Waals surface area contributed by atoms with Gasteiger partial charge in [-0.2, -0.15) is 5.10 Å². The van der Waals surface area contributed by atoms with Crippen molar-refractivity contribution in [2.75, 3.05) is 31.6 Å². The molecular formula is C20H26N4O4S. The molecule has 0 aliphatic carbocycles. The molecule has 1 atom stereocenters. The number of likely N-dealkylation sites (tertiary alicyclic amines) is 2. The van der Waals surface area contributed by atoms with Crippen molar-refractivity contribution in [2.45, 2.75) is 25.3 Å². The van der Waals surface area contributed by atoms with E-state index in [9.17, 15) is 18.0 Å². The zero-order chi connectivity index (χ0) is 20.8. The van der Waals surface area contributed by atoms with Gasteiger partial charge in [0, 0.05) is 50.8 Å². The molecule has 4 rings (SSSR count). The molecule has 0 radical (unpaired) electrons. The molecule has 2 saturated heterocycles. The van der Waals surface area contributed by atoms with E-state index in [2.05, 4.69) is 5.10 Å². The predicted octanol–water partition coefficient (Wildman–Crippen LogP) is 1.07. The minimum Gasteiger partial charge on any atom is -0.339 e. The zero-order valence-corrected chi connectivity index (χ0v) is 17.6. The van der Waals surface area contributed by atoms with Gasteiger partial charge in [-0.1, -0.05) is 18.2 Å². The first-order valence-electron chi connectivity index (χ1n) is 9.91. The van der Waals surface area contributed by atoms with Crippen LogP contribution < -0.4 is 0 Å². The van der Waals surface area contributed by atoms with Gasteiger partial charge < -0.3 is 9.80 Å². The summed E-state index contributed by atoms with van der Waals surface area (Å²) in [5.74, 6) is -0.126. The maximum absolute atomic E-state index is 13.0. The fourth-order valence-electron chi connectivity index (χ4n) is 4.60. The lowest BCUT2D eigenvalue weighted by atomic mass is 10.0. The van der Waals surface area contributed by atoms with Crippen LogP contribution in [0.1, 0.15) is 29.8 Å². The van der Waals surface area contributed by atoms with E-state index >= 15 is 0 Å². The lowest BCUT2D eigenvalue weighted by Crippen LogP contribution is -2.47. The largest absolute Gasteiger partial charge is 0.339 e. The van der Waals surface area contributed by atoms with Crippen LogP contribution in [0.4, 0.5) is 0 Å². The van der Waals surface area contributed by atoms with Crippen LogP contribution in [-0.2, 0) is 21.7 Å². The maximum Gasteiger partial charge on any atom is 0.275 e. The van der Waals surface area contributed by atoms with Gasteiger partial charge in [0.1, 0.15) is 9.84 Å². The molecule has 0 spiro atoms. The third kappa shape index (κ3) is 4.01.